The summed E-state index contributed by atoms with van der Waals surface area (Å²) in [6, 6.07) is 0. The predicted molar refractivity (Wildman–Crippen MR) is 35.7 cm³/mol. The number of carbonyl (C=O) groups is 1. The van der Waals surface area contributed by atoms with Gasteiger partial charge in [0.15, 0.2) is 0 Å². The number of hydroxylamine groups is 2. The van der Waals surface area contributed by atoms with Gasteiger partial charge in [-0.25, -0.2) is 4.79 Å². The Morgan fingerprint density at radius 2 is 2.64 bits per heavy atom. The van der Waals surface area contributed by atoms with Crippen LogP contribution in [0.4, 0.5) is 4.79 Å². The van der Waals surface area contributed by atoms with Gasteiger partial charge in [0, 0.05) is 0 Å². The van der Waals surface area contributed by atoms with Crippen LogP contribution < -0.4 is 0 Å². The quantitative estimate of drug-likeness (QED) is 0.576. The SMILES string of the molecule is CCOC(=O)N1CC(O)CO1. The van der Waals surface area contributed by atoms with Gasteiger partial charge < -0.3 is 9.84 Å². The second kappa shape index (κ2) is 3.54. The lowest BCUT2D eigenvalue weighted by Crippen LogP contribution is -2.29. The molecule has 0 radical (unpaired) electrons. The van der Waals surface area contributed by atoms with Crippen molar-refractivity contribution in [2.75, 3.05) is 19.8 Å². The number of β-amino-alcohol motifs (C(OH)–C–C–N with tert-alkyl or cyclic N) is 1. The van der Waals surface area contributed by atoms with Gasteiger partial charge in [-0.05, 0) is 6.92 Å². The molecule has 0 aromatic carbocycles. The lowest BCUT2D eigenvalue weighted by molar-refractivity contribution is -0.0913. The van der Waals surface area contributed by atoms with E-state index in [2.05, 4.69) is 4.74 Å². The Kier molecular flexibility index (Phi) is 2.67. The number of amides is 1. The Hall–Kier alpha value is -0.810. The molecule has 0 saturated carbocycles. The third kappa shape index (κ3) is 2.06. The van der Waals surface area contributed by atoms with E-state index in [1.807, 2.05) is 0 Å². The van der Waals surface area contributed by atoms with Crippen LogP contribution in [0.25, 0.3) is 0 Å². The summed E-state index contributed by atoms with van der Waals surface area (Å²) in [4.78, 5) is 15.6. The van der Waals surface area contributed by atoms with Crippen molar-refractivity contribution in [3.63, 3.8) is 0 Å². The van der Waals surface area contributed by atoms with Gasteiger partial charge in [-0.15, -0.1) is 0 Å². The first-order valence-corrected chi connectivity index (χ1v) is 3.49. The first-order chi connectivity index (χ1) is 5.24. The van der Waals surface area contributed by atoms with Gasteiger partial charge in [0.1, 0.15) is 12.7 Å². The summed E-state index contributed by atoms with van der Waals surface area (Å²) in [5.41, 5.74) is 0. The molecule has 0 aromatic heterocycles. The molecular weight excluding hydrogens is 150 g/mol. The zero-order chi connectivity index (χ0) is 8.27. The molecule has 0 aliphatic carbocycles. The highest BCUT2D eigenvalue weighted by atomic mass is 16.7. The van der Waals surface area contributed by atoms with E-state index in [1.165, 1.54) is 0 Å². The summed E-state index contributed by atoms with van der Waals surface area (Å²) < 4.78 is 4.62. The average molecular weight is 161 g/mol. The predicted octanol–water partition coefficient (Wildman–Crippen LogP) is -0.249. The van der Waals surface area contributed by atoms with Crippen molar-refractivity contribution in [1.29, 1.82) is 0 Å². The van der Waals surface area contributed by atoms with Gasteiger partial charge in [-0.3, -0.25) is 4.84 Å². The molecule has 1 unspecified atom stereocenters. The average Bonchev–Trinajstić information content (AvgIpc) is 2.36. The van der Waals surface area contributed by atoms with Crippen molar-refractivity contribution in [3.8, 4) is 0 Å². The standard InChI is InChI=1S/C6H11NO4/c1-2-10-6(9)7-3-5(8)4-11-7/h5,8H,2-4H2,1H3. The number of hydrogen-bond acceptors (Lipinski definition) is 4. The minimum absolute atomic E-state index is 0.165. The maximum absolute atomic E-state index is 10.9. The molecular formula is C6H11NO4. The molecule has 1 saturated heterocycles. The van der Waals surface area contributed by atoms with E-state index in [9.17, 15) is 4.79 Å². The lowest BCUT2D eigenvalue weighted by Gasteiger charge is -2.11. The van der Waals surface area contributed by atoms with Crippen LogP contribution in [0, 0.1) is 0 Å². The van der Waals surface area contributed by atoms with Crippen molar-refractivity contribution in [3.05, 3.63) is 0 Å². The summed E-state index contributed by atoms with van der Waals surface area (Å²) >= 11 is 0. The molecule has 1 N–H and O–H groups in total. The fraction of sp³-hybridized carbons (Fsp3) is 0.833. The highest BCUT2D eigenvalue weighted by Gasteiger charge is 2.26. The van der Waals surface area contributed by atoms with E-state index >= 15 is 0 Å². The number of ether oxygens (including phenoxy) is 1. The Balaban J connectivity index is 2.31. The van der Waals surface area contributed by atoms with Gasteiger partial charge in [0.2, 0.25) is 0 Å². The second-order valence-corrected chi connectivity index (χ2v) is 2.21. The molecule has 0 spiro atoms. The summed E-state index contributed by atoms with van der Waals surface area (Å²) in [7, 11) is 0. The number of hydrogen-bond donors (Lipinski definition) is 1. The van der Waals surface area contributed by atoms with E-state index in [4.69, 9.17) is 9.94 Å². The molecule has 1 aliphatic heterocycles. The van der Waals surface area contributed by atoms with Crippen molar-refractivity contribution < 1.29 is 19.5 Å². The van der Waals surface area contributed by atoms with Gasteiger partial charge >= 0.3 is 6.09 Å². The first-order valence-electron chi connectivity index (χ1n) is 3.49. The second-order valence-electron chi connectivity index (χ2n) is 2.21. The van der Waals surface area contributed by atoms with Gasteiger partial charge in [-0.1, -0.05) is 0 Å². The maximum atomic E-state index is 10.9. The number of nitrogens with zero attached hydrogens (tertiary/aromatic N) is 1. The minimum atomic E-state index is -0.584. The largest absolute Gasteiger partial charge is 0.448 e. The van der Waals surface area contributed by atoms with Crippen molar-refractivity contribution >= 4 is 6.09 Å². The van der Waals surface area contributed by atoms with Crippen LogP contribution in [0.1, 0.15) is 6.92 Å². The van der Waals surface area contributed by atoms with Crippen LogP contribution >= 0.6 is 0 Å². The van der Waals surface area contributed by atoms with Crippen LogP contribution in [0.3, 0.4) is 0 Å². The number of rotatable bonds is 1. The fourth-order valence-corrected chi connectivity index (χ4v) is 0.796. The van der Waals surface area contributed by atoms with Crippen LogP contribution in [-0.2, 0) is 9.57 Å². The monoisotopic (exact) mass is 161 g/mol. The molecule has 5 nitrogen and oxygen atoms in total. The van der Waals surface area contributed by atoms with Gasteiger partial charge in [0.05, 0.1) is 13.2 Å². The van der Waals surface area contributed by atoms with E-state index < -0.39 is 12.2 Å². The molecule has 5 heteroatoms. The third-order valence-corrected chi connectivity index (χ3v) is 1.27. The molecule has 1 amide bonds. The number of aliphatic hydroxyl groups is 1. The third-order valence-electron chi connectivity index (χ3n) is 1.27. The van der Waals surface area contributed by atoms with Gasteiger partial charge in [0.25, 0.3) is 0 Å². The smallest absolute Gasteiger partial charge is 0.434 e. The summed E-state index contributed by atoms with van der Waals surface area (Å²) in [5, 5.41) is 9.96. The van der Waals surface area contributed by atoms with E-state index in [0.29, 0.717) is 6.61 Å². The molecule has 0 bridgehead atoms. The van der Waals surface area contributed by atoms with E-state index in [-0.39, 0.29) is 13.2 Å². The Morgan fingerprint density at radius 1 is 1.91 bits per heavy atom. The maximum Gasteiger partial charge on any atom is 0.434 e. The van der Waals surface area contributed by atoms with Gasteiger partial charge in [-0.2, -0.15) is 5.06 Å². The zero-order valence-electron chi connectivity index (χ0n) is 6.32. The number of aliphatic hydroxyl groups excluding tert-OH is 1. The molecule has 11 heavy (non-hydrogen) atoms. The van der Waals surface area contributed by atoms with E-state index in [0.717, 1.165) is 5.06 Å². The highest BCUT2D eigenvalue weighted by Crippen LogP contribution is 2.06. The Bertz CT molecular complexity index is 150. The molecule has 64 valence electrons. The van der Waals surface area contributed by atoms with Crippen molar-refractivity contribution in [1.82, 2.24) is 5.06 Å². The van der Waals surface area contributed by atoms with Crippen LogP contribution in [-0.4, -0.2) is 42.1 Å². The molecule has 1 fully saturated rings. The molecule has 1 aliphatic rings. The first kappa shape index (κ1) is 8.29. The molecule has 1 rings (SSSR count). The van der Waals surface area contributed by atoms with Crippen molar-refractivity contribution in [2.45, 2.75) is 13.0 Å². The number of carbonyl (C=O) groups excluding carboxylic acids is 1. The van der Waals surface area contributed by atoms with Crippen LogP contribution in [0.15, 0.2) is 0 Å². The van der Waals surface area contributed by atoms with Crippen LogP contribution in [0.2, 0.25) is 0 Å². The Labute approximate surface area is 64.5 Å². The Morgan fingerprint density at radius 3 is 3.09 bits per heavy atom. The fourth-order valence-electron chi connectivity index (χ4n) is 0.796. The normalized spacial score (nSPS) is 23.8. The van der Waals surface area contributed by atoms with Crippen LogP contribution in [0.5, 0.6) is 0 Å². The highest BCUT2D eigenvalue weighted by molar-refractivity contribution is 5.66. The molecule has 1 atom stereocenters. The molecule has 1 heterocycles. The summed E-state index contributed by atoms with van der Waals surface area (Å²) in [6.45, 7) is 2.39. The summed E-state index contributed by atoms with van der Waals surface area (Å²) in [5.74, 6) is 0. The molecule has 0 aromatic rings. The lowest BCUT2D eigenvalue weighted by atomic mass is 10.4. The minimum Gasteiger partial charge on any atom is -0.448 e. The topological polar surface area (TPSA) is 59.0 Å². The zero-order valence-corrected chi connectivity index (χ0v) is 6.32. The summed E-state index contributed by atoms with van der Waals surface area (Å²) in [6.07, 6.45) is -1.12. The van der Waals surface area contributed by atoms with Crippen molar-refractivity contribution in [2.24, 2.45) is 0 Å². The van der Waals surface area contributed by atoms with E-state index in [1.54, 1.807) is 6.92 Å².